The summed E-state index contributed by atoms with van der Waals surface area (Å²) < 4.78 is 5.30. The van der Waals surface area contributed by atoms with Gasteiger partial charge in [0.15, 0.2) is 0 Å². The monoisotopic (exact) mass is 332 g/mol. The van der Waals surface area contributed by atoms with E-state index in [4.69, 9.17) is 4.74 Å². The minimum atomic E-state index is -0.165. The molecular formula is C19H28N2O3. The highest BCUT2D eigenvalue weighted by Gasteiger charge is 2.47. The van der Waals surface area contributed by atoms with Gasteiger partial charge in [0.1, 0.15) is 5.75 Å². The van der Waals surface area contributed by atoms with E-state index in [9.17, 15) is 9.59 Å². The maximum Gasteiger partial charge on any atom is 0.223 e. The van der Waals surface area contributed by atoms with Gasteiger partial charge in [0.2, 0.25) is 11.8 Å². The van der Waals surface area contributed by atoms with Gasteiger partial charge in [0, 0.05) is 13.1 Å². The van der Waals surface area contributed by atoms with E-state index in [1.807, 2.05) is 24.3 Å². The Labute approximate surface area is 144 Å². The van der Waals surface area contributed by atoms with E-state index in [1.165, 1.54) is 0 Å². The number of benzene rings is 1. The lowest BCUT2D eigenvalue weighted by atomic mass is 10.1. The van der Waals surface area contributed by atoms with E-state index in [1.54, 1.807) is 7.11 Å². The van der Waals surface area contributed by atoms with Crippen LogP contribution >= 0.6 is 0 Å². The van der Waals surface area contributed by atoms with Crippen molar-refractivity contribution in [2.45, 2.75) is 33.1 Å². The van der Waals surface area contributed by atoms with Crippen molar-refractivity contribution in [3.8, 4) is 5.75 Å². The van der Waals surface area contributed by atoms with Crippen molar-refractivity contribution in [1.82, 2.24) is 10.6 Å². The Morgan fingerprint density at radius 1 is 1.12 bits per heavy atom. The Morgan fingerprint density at radius 3 is 2.38 bits per heavy atom. The maximum absolute atomic E-state index is 12.1. The van der Waals surface area contributed by atoms with Crippen LogP contribution in [-0.4, -0.2) is 32.0 Å². The molecule has 1 aliphatic rings. The topological polar surface area (TPSA) is 67.4 Å². The van der Waals surface area contributed by atoms with Gasteiger partial charge in [-0.1, -0.05) is 32.0 Å². The number of carbonyl (C=O) groups is 2. The van der Waals surface area contributed by atoms with Crippen LogP contribution in [0.15, 0.2) is 24.3 Å². The minimum Gasteiger partial charge on any atom is -0.496 e. The fourth-order valence-electron chi connectivity index (χ4n) is 2.75. The minimum absolute atomic E-state index is 0.0144. The predicted octanol–water partition coefficient (Wildman–Crippen LogP) is 2.15. The van der Waals surface area contributed by atoms with Gasteiger partial charge in [-0.15, -0.1) is 0 Å². The highest BCUT2D eigenvalue weighted by Crippen LogP contribution is 2.38. The van der Waals surface area contributed by atoms with Crippen LogP contribution < -0.4 is 15.4 Å². The zero-order valence-electron chi connectivity index (χ0n) is 14.8. The van der Waals surface area contributed by atoms with E-state index in [0.29, 0.717) is 31.8 Å². The van der Waals surface area contributed by atoms with E-state index >= 15 is 0 Å². The standard InChI is InChI=1S/C19H28N2O3/c1-13(2)8-10-20-18(22)15-12-16(15)19(23)21-11-9-14-6-4-5-7-17(14)24-3/h4-7,13,15-16H,8-12H2,1-3H3,(H,20,22)(H,21,23). The van der Waals surface area contributed by atoms with Crippen LogP contribution in [0.2, 0.25) is 0 Å². The predicted molar refractivity (Wildman–Crippen MR) is 93.8 cm³/mol. The molecule has 5 nitrogen and oxygen atoms in total. The molecule has 1 aliphatic carbocycles. The number of para-hydroxylation sites is 1. The first-order chi connectivity index (χ1) is 11.5. The third kappa shape index (κ3) is 5.25. The first-order valence-corrected chi connectivity index (χ1v) is 8.70. The van der Waals surface area contributed by atoms with Gasteiger partial charge >= 0.3 is 0 Å². The van der Waals surface area contributed by atoms with E-state index in [0.717, 1.165) is 17.7 Å². The van der Waals surface area contributed by atoms with Gasteiger partial charge in [0.25, 0.3) is 0 Å². The Hall–Kier alpha value is -2.04. The molecule has 1 aromatic carbocycles. The molecule has 0 radical (unpaired) electrons. The molecule has 1 fully saturated rings. The quantitative estimate of drug-likeness (QED) is 0.728. The molecule has 0 aromatic heterocycles. The molecule has 2 amide bonds. The Balaban J connectivity index is 1.68. The first-order valence-electron chi connectivity index (χ1n) is 8.70. The summed E-state index contributed by atoms with van der Waals surface area (Å²) in [6.45, 7) is 5.50. The number of amides is 2. The molecule has 0 aliphatic heterocycles. The Bertz CT molecular complexity index is 571. The number of methoxy groups -OCH3 is 1. The third-order valence-corrected chi connectivity index (χ3v) is 4.37. The normalized spacial score (nSPS) is 19.0. The second-order valence-corrected chi connectivity index (χ2v) is 6.78. The van der Waals surface area contributed by atoms with Crippen molar-refractivity contribution in [2.24, 2.45) is 17.8 Å². The largest absolute Gasteiger partial charge is 0.496 e. The molecule has 1 saturated carbocycles. The number of carbonyl (C=O) groups excluding carboxylic acids is 2. The van der Waals surface area contributed by atoms with Crippen molar-refractivity contribution in [3.05, 3.63) is 29.8 Å². The molecule has 2 N–H and O–H groups in total. The number of nitrogens with one attached hydrogen (secondary N) is 2. The smallest absolute Gasteiger partial charge is 0.223 e. The summed E-state index contributed by atoms with van der Waals surface area (Å²) in [5.74, 6) is 1.08. The zero-order valence-corrected chi connectivity index (χ0v) is 14.8. The lowest BCUT2D eigenvalue weighted by Crippen LogP contribution is -2.31. The van der Waals surface area contributed by atoms with Crippen LogP contribution in [-0.2, 0) is 16.0 Å². The van der Waals surface area contributed by atoms with Gasteiger partial charge in [-0.2, -0.15) is 0 Å². The van der Waals surface area contributed by atoms with Crippen LogP contribution in [0.1, 0.15) is 32.3 Å². The van der Waals surface area contributed by atoms with Crippen LogP contribution in [0.25, 0.3) is 0 Å². The molecule has 2 rings (SSSR count). The summed E-state index contributed by atoms with van der Waals surface area (Å²) in [6, 6.07) is 7.79. The van der Waals surface area contributed by atoms with Gasteiger partial charge < -0.3 is 15.4 Å². The molecule has 132 valence electrons. The lowest BCUT2D eigenvalue weighted by Gasteiger charge is -2.09. The number of rotatable bonds is 9. The van der Waals surface area contributed by atoms with Gasteiger partial charge in [0.05, 0.1) is 18.9 Å². The van der Waals surface area contributed by atoms with Crippen molar-refractivity contribution in [1.29, 1.82) is 0 Å². The molecule has 0 saturated heterocycles. The van der Waals surface area contributed by atoms with Gasteiger partial charge in [-0.05, 0) is 36.8 Å². The Morgan fingerprint density at radius 2 is 1.75 bits per heavy atom. The summed E-state index contributed by atoms with van der Waals surface area (Å²) in [7, 11) is 1.64. The molecule has 2 atom stereocenters. The average molecular weight is 332 g/mol. The fourth-order valence-corrected chi connectivity index (χ4v) is 2.75. The highest BCUT2D eigenvalue weighted by atomic mass is 16.5. The summed E-state index contributed by atoms with van der Waals surface area (Å²) >= 11 is 0. The van der Waals surface area contributed by atoms with Crippen LogP contribution in [0, 0.1) is 17.8 Å². The number of ether oxygens (including phenoxy) is 1. The van der Waals surface area contributed by atoms with Crippen molar-refractivity contribution in [2.75, 3.05) is 20.2 Å². The molecule has 5 heteroatoms. The van der Waals surface area contributed by atoms with E-state index in [2.05, 4.69) is 24.5 Å². The van der Waals surface area contributed by atoms with Crippen molar-refractivity contribution >= 4 is 11.8 Å². The number of hydrogen-bond acceptors (Lipinski definition) is 3. The van der Waals surface area contributed by atoms with Crippen molar-refractivity contribution in [3.63, 3.8) is 0 Å². The summed E-state index contributed by atoms with van der Waals surface area (Å²) in [4.78, 5) is 24.1. The van der Waals surface area contributed by atoms with Crippen LogP contribution in [0.4, 0.5) is 0 Å². The highest BCUT2D eigenvalue weighted by molar-refractivity contribution is 5.92. The van der Waals surface area contributed by atoms with E-state index in [-0.39, 0.29) is 23.7 Å². The second-order valence-electron chi connectivity index (χ2n) is 6.78. The van der Waals surface area contributed by atoms with Gasteiger partial charge in [-0.25, -0.2) is 0 Å². The van der Waals surface area contributed by atoms with Crippen molar-refractivity contribution < 1.29 is 14.3 Å². The fraction of sp³-hybridized carbons (Fsp3) is 0.579. The summed E-state index contributed by atoms with van der Waals surface area (Å²) in [5, 5.41) is 5.85. The second kappa shape index (κ2) is 8.71. The SMILES string of the molecule is COc1ccccc1CCNC(=O)C1CC1C(=O)NCCC(C)C. The lowest BCUT2D eigenvalue weighted by molar-refractivity contribution is -0.127. The molecule has 24 heavy (non-hydrogen) atoms. The summed E-state index contributed by atoms with van der Waals surface area (Å²) in [6.07, 6.45) is 2.34. The van der Waals surface area contributed by atoms with Crippen LogP contribution in [0.5, 0.6) is 5.75 Å². The summed E-state index contributed by atoms with van der Waals surface area (Å²) in [5.41, 5.74) is 1.07. The molecule has 0 heterocycles. The molecule has 0 bridgehead atoms. The first kappa shape index (κ1) is 18.3. The third-order valence-electron chi connectivity index (χ3n) is 4.37. The molecule has 1 aromatic rings. The molecular weight excluding hydrogens is 304 g/mol. The molecule has 0 spiro atoms. The van der Waals surface area contributed by atoms with E-state index < -0.39 is 0 Å². The van der Waals surface area contributed by atoms with Crippen LogP contribution in [0.3, 0.4) is 0 Å². The maximum atomic E-state index is 12.1. The average Bonchev–Trinajstić information content (AvgIpc) is 3.35. The zero-order chi connectivity index (χ0) is 17.5. The molecule has 2 unspecified atom stereocenters. The Kier molecular flexibility index (Phi) is 6.64. The van der Waals surface area contributed by atoms with Gasteiger partial charge in [-0.3, -0.25) is 9.59 Å². The number of hydrogen-bond donors (Lipinski definition) is 2.